The van der Waals surface area contributed by atoms with Crippen LogP contribution in [0.4, 0.5) is 0 Å². The molecule has 0 unspecified atom stereocenters. The van der Waals surface area contributed by atoms with E-state index in [4.69, 9.17) is 0 Å². The lowest BCUT2D eigenvalue weighted by atomic mass is 10.5. The molecule has 35 valence electrons. The van der Waals surface area contributed by atoms with Crippen molar-refractivity contribution < 1.29 is 5.21 Å². The summed E-state index contributed by atoms with van der Waals surface area (Å²) in [5.74, 6) is 1.02. The molecule has 0 aromatic rings. The Labute approximate surface area is 41.2 Å². The molecule has 1 saturated heterocycles. The maximum Gasteiger partial charge on any atom is 0.0396 e. The van der Waals surface area contributed by atoms with E-state index in [0.29, 0.717) is 0 Å². The van der Waals surface area contributed by atoms with Crippen LogP contribution in [0.1, 0.15) is 6.42 Å². The zero-order valence-electron chi connectivity index (χ0n) is 3.39. The van der Waals surface area contributed by atoms with Gasteiger partial charge in [0.25, 0.3) is 0 Å². The van der Waals surface area contributed by atoms with Gasteiger partial charge in [-0.2, -0.15) is 0 Å². The molecule has 2 nitrogen and oxygen atoms in total. The molecule has 0 aromatic heterocycles. The summed E-state index contributed by atoms with van der Waals surface area (Å²) in [7, 11) is 0. The zero-order chi connectivity index (χ0) is 4.41. The number of nitrogens with zero attached hydrogens (tertiary/aromatic N) is 1. The molecule has 6 heavy (non-hydrogen) atoms. The van der Waals surface area contributed by atoms with Gasteiger partial charge in [-0.3, -0.25) is 0 Å². The average Bonchev–Trinajstić information content (AvgIpc) is 1.86. The maximum absolute atomic E-state index is 10.1. The van der Waals surface area contributed by atoms with E-state index in [1.807, 2.05) is 0 Å². The Kier molecular flexibility index (Phi) is 1.34. The molecule has 0 aliphatic carbocycles. The number of rotatable bonds is 0. The van der Waals surface area contributed by atoms with E-state index in [-0.39, 0.29) is 0 Å². The quantitative estimate of drug-likeness (QED) is 0.422. The monoisotopic (exact) mass is 104 g/mol. The Morgan fingerprint density at radius 3 is 2.67 bits per heavy atom. The van der Waals surface area contributed by atoms with E-state index < -0.39 is 0 Å². The van der Waals surface area contributed by atoms with Gasteiger partial charge in [-0.25, -0.2) is 0 Å². The third kappa shape index (κ3) is 0.864. The molecule has 1 aliphatic heterocycles. The highest BCUT2D eigenvalue weighted by molar-refractivity contribution is 7.97. The molecular formula is C3H6NOS. The van der Waals surface area contributed by atoms with Gasteiger partial charge in [0.05, 0.1) is 0 Å². The van der Waals surface area contributed by atoms with E-state index in [1.165, 1.54) is 11.9 Å². The first-order valence-electron chi connectivity index (χ1n) is 1.97. The molecule has 1 aliphatic rings. The highest BCUT2D eigenvalue weighted by Gasteiger charge is 2.08. The highest BCUT2D eigenvalue weighted by atomic mass is 32.2. The second-order valence-corrected chi connectivity index (χ2v) is 2.32. The van der Waals surface area contributed by atoms with Crippen LogP contribution in [0, 0.1) is 0 Å². The van der Waals surface area contributed by atoms with Crippen molar-refractivity contribution in [2.24, 2.45) is 0 Å². The number of hydrogen-bond donors (Lipinski definition) is 0. The highest BCUT2D eigenvalue weighted by Crippen LogP contribution is 2.15. The predicted octanol–water partition coefficient (Wildman–Crippen LogP) is 0.686. The van der Waals surface area contributed by atoms with E-state index in [9.17, 15) is 5.21 Å². The van der Waals surface area contributed by atoms with Crippen LogP contribution in [0.15, 0.2) is 0 Å². The van der Waals surface area contributed by atoms with Crippen LogP contribution in [0.2, 0.25) is 0 Å². The summed E-state index contributed by atoms with van der Waals surface area (Å²) >= 11 is 1.37. The van der Waals surface area contributed by atoms with Crippen molar-refractivity contribution in [1.29, 1.82) is 0 Å². The minimum atomic E-state index is 0.727. The zero-order valence-corrected chi connectivity index (χ0v) is 4.20. The van der Waals surface area contributed by atoms with Crippen molar-refractivity contribution in [1.82, 2.24) is 4.47 Å². The number of hydrogen-bond acceptors (Lipinski definition) is 2. The molecular weight excluding hydrogens is 98.1 g/mol. The van der Waals surface area contributed by atoms with Gasteiger partial charge in [0, 0.05) is 12.3 Å². The standard InChI is InChI=1S/C3H6NOS/c5-4-2-1-3-6-4/h1-3H2. The van der Waals surface area contributed by atoms with Gasteiger partial charge in [0.15, 0.2) is 0 Å². The molecule has 0 aromatic carbocycles. The fourth-order valence-corrected chi connectivity index (χ4v) is 1.14. The van der Waals surface area contributed by atoms with Gasteiger partial charge >= 0.3 is 0 Å². The first-order chi connectivity index (χ1) is 2.89. The smallest absolute Gasteiger partial charge is 0.0396 e. The molecule has 1 rings (SSSR count). The van der Waals surface area contributed by atoms with Crippen LogP contribution in [0.3, 0.4) is 0 Å². The number of hydroxylamine groups is 1. The van der Waals surface area contributed by atoms with Crippen LogP contribution in [-0.4, -0.2) is 16.8 Å². The molecule has 0 bridgehead atoms. The van der Waals surface area contributed by atoms with E-state index >= 15 is 0 Å². The molecule has 1 heterocycles. The third-order valence-corrected chi connectivity index (χ3v) is 1.66. The summed E-state index contributed by atoms with van der Waals surface area (Å²) in [5, 5.41) is 10.1. The lowest BCUT2D eigenvalue weighted by molar-refractivity contribution is -0.0544. The molecule has 0 atom stereocenters. The summed E-state index contributed by atoms with van der Waals surface area (Å²) in [5.41, 5.74) is 0. The molecule has 0 saturated carbocycles. The van der Waals surface area contributed by atoms with Gasteiger partial charge < -0.3 is 0 Å². The SMILES string of the molecule is [O]N1CCCS1. The van der Waals surface area contributed by atoms with Crippen LogP contribution < -0.4 is 0 Å². The lowest BCUT2D eigenvalue weighted by Crippen LogP contribution is -1.99. The van der Waals surface area contributed by atoms with Crippen LogP contribution in [0.5, 0.6) is 0 Å². The van der Waals surface area contributed by atoms with E-state index in [2.05, 4.69) is 0 Å². The van der Waals surface area contributed by atoms with Crippen LogP contribution in [0.25, 0.3) is 0 Å². The molecule has 1 radical (unpaired) electrons. The van der Waals surface area contributed by atoms with E-state index in [1.54, 1.807) is 0 Å². The Hall–Kier alpha value is 0.270. The predicted molar refractivity (Wildman–Crippen MR) is 24.5 cm³/mol. The Bertz CT molecular complexity index is 44.1. The second-order valence-electron chi connectivity index (χ2n) is 1.24. The van der Waals surface area contributed by atoms with Gasteiger partial charge in [-0.15, -0.1) is 5.21 Å². The fourth-order valence-electron chi connectivity index (χ4n) is 0.425. The summed E-state index contributed by atoms with van der Waals surface area (Å²) in [6, 6.07) is 0. The van der Waals surface area contributed by atoms with Crippen molar-refractivity contribution in [3.05, 3.63) is 0 Å². The van der Waals surface area contributed by atoms with Crippen molar-refractivity contribution >= 4 is 11.9 Å². The Morgan fingerprint density at radius 2 is 2.50 bits per heavy atom. The van der Waals surface area contributed by atoms with Crippen molar-refractivity contribution in [2.75, 3.05) is 12.3 Å². The third-order valence-electron chi connectivity index (χ3n) is 0.720. The van der Waals surface area contributed by atoms with Crippen LogP contribution >= 0.6 is 11.9 Å². The van der Waals surface area contributed by atoms with Crippen molar-refractivity contribution in [2.45, 2.75) is 6.42 Å². The summed E-state index contributed by atoms with van der Waals surface area (Å²) in [4.78, 5) is 0. The maximum atomic E-state index is 10.1. The topological polar surface area (TPSA) is 23.1 Å². The first-order valence-corrected chi connectivity index (χ1v) is 2.91. The Balaban J connectivity index is 2.18. The summed E-state index contributed by atoms with van der Waals surface area (Å²) in [6.07, 6.45) is 1.06. The van der Waals surface area contributed by atoms with Gasteiger partial charge in [-0.1, -0.05) is 4.47 Å². The molecule has 0 amide bonds. The molecule has 3 heteroatoms. The Morgan fingerprint density at radius 1 is 1.67 bits per heavy atom. The summed E-state index contributed by atoms with van der Waals surface area (Å²) < 4.78 is 1.03. The summed E-state index contributed by atoms with van der Waals surface area (Å²) in [6.45, 7) is 0.727. The minimum Gasteiger partial charge on any atom is -0.109 e. The second kappa shape index (κ2) is 1.82. The average molecular weight is 104 g/mol. The van der Waals surface area contributed by atoms with E-state index in [0.717, 1.165) is 23.2 Å². The molecule has 1 fully saturated rings. The first kappa shape index (κ1) is 4.43. The van der Waals surface area contributed by atoms with Gasteiger partial charge in [0.2, 0.25) is 0 Å². The van der Waals surface area contributed by atoms with Crippen LogP contribution in [-0.2, 0) is 5.21 Å². The molecule has 0 N–H and O–H groups in total. The normalized spacial score (nSPS) is 25.5. The lowest BCUT2D eigenvalue weighted by Gasteiger charge is -1.92. The largest absolute Gasteiger partial charge is 0.109 e. The van der Waals surface area contributed by atoms with Gasteiger partial charge in [-0.05, 0) is 18.4 Å². The molecule has 0 spiro atoms. The van der Waals surface area contributed by atoms with Gasteiger partial charge in [0.1, 0.15) is 0 Å². The van der Waals surface area contributed by atoms with Crippen molar-refractivity contribution in [3.63, 3.8) is 0 Å². The fraction of sp³-hybridized carbons (Fsp3) is 1.00. The van der Waals surface area contributed by atoms with Crippen molar-refractivity contribution in [3.8, 4) is 0 Å². The minimum absolute atomic E-state index is 0.727.